The van der Waals surface area contributed by atoms with Crippen molar-refractivity contribution in [1.29, 1.82) is 0 Å². The maximum atomic E-state index is 13.0. The van der Waals surface area contributed by atoms with E-state index in [0.717, 1.165) is 42.9 Å². The molecule has 5 aliphatic rings. The lowest BCUT2D eigenvalue weighted by Gasteiger charge is -2.56. The molecule has 0 aromatic heterocycles. The lowest BCUT2D eigenvalue weighted by molar-refractivity contribution is -0.152. The first kappa shape index (κ1) is 21.1. The zero-order valence-electron chi connectivity index (χ0n) is 20.2. The molecular weight excluding hydrogens is 368 g/mol. The minimum Gasteiger partial charge on any atom is -0.462 e. The van der Waals surface area contributed by atoms with Crippen LogP contribution in [0.4, 0.5) is 0 Å². The Morgan fingerprint density at radius 3 is 2.57 bits per heavy atom. The van der Waals surface area contributed by atoms with E-state index in [1.807, 2.05) is 5.57 Å². The van der Waals surface area contributed by atoms with Gasteiger partial charge in [-0.05, 0) is 80.5 Å². The summed E-state index contributed by atoms with van der Waals surface area (Å²) in [5.74, 6) is 3.50. The summed E-state index contributed by atoms with van der Waals surface area (Å²) in [6, 6.07) is 0. The average molecular weight is 413 g/mol. The van der Waals surface area contributed by atoms with Crippen LogP contribution in [-0.2, 0) is 9.53 Å². The highest BCUT2D eigenvalue weighted by Gasteiger charge is 2.67. The predicted octanol–water partition coefficient (Wildman–Crippen LogP) is 7.47. The summed E-state index contributed by atoms with van der Waals surface area (Å²) in [7, 11) is 0. The fraction of sp³-hybridized carbons (Fsp3) is 0.893. The molecule has 1 spiro atoms. The second-order valence-electron chi connectivity index (χ2n) is 12.7. The number of carbonyl (C=O) groups excluding carboxylic acids is 1. The van der Waals surface area contributed by atoms with E-state index in [-0.39, 0.29) is 22.9 Å². The van der Waals surface area contributed by atoms with Gasteiger partial charge in [-0.25, -0.2) is 0 Å². The summed E-state index contributed by atoms with van der Waals surface area (Å²) in [6.45, 7) is 12.4. The monoisotopic (exact) mass is 412 g/mol. The fourth-order valence-electron chi connectivity index (χ4n) is 9.25. The third-order valence-corrected chi connectivity index (χ3v) is 11.0. The third-order valence-electron chi connectivity index (χ3n) is 11.0. The molecule has 0 aromatic rings. The Hall–Kier alpha value is -0.790. The molecule has 2 bridgehead atoms. The molecule has 0 unspecified atom stereocenters. The Balaban J connectivity index is 1.41. The minimum absolute atomic E-state index is 0.0764. The van der Waals surface area contributed by atoms with Gasteiger partial charge in [-0.15, -0.1) is 0 Å². The van der Waals surface area contributed by atoms with Gasteiger partial charge in [-0.3, -0.25) is 4.79 Å². The predicted molar refractivity (Wildman–Crippen MR) is 122 cm³/mol. The first-order chi connectivity index (χ1) is 14.2. The van der Waals surface area contributed by atoms with Crippen molar-refractivity contribution >= 4 is 5.97 Å². The molecule has 0 aromatic carbocycles. The second kappa shape index (κ2) is 7.11. The van der Waals surface area contributed by atoms with Gasteiger partial charge in [0.2, 0.25) is 0 Å². The summed E-state index contributed by atoms with van der Waals surface area (Å²) in [5, 5.41) is 0. The Bertz CT molecular complexity index is 750. The molecule has 7 atom stereocenters. The number of ether oxygens (including phenoxy) is 1. The average Bonchev–Trinajstić information content (AvgIpc) is 3.18. The molecule has 168 valence electrons. The van der Waals surface area contributed by atoms with Gasteiger partial charge in [0, 0.05) is 11.8 Å². The number of rotatable bonds is 5. The van der Waals surface area contributed by atoms with Crippen molar-refractivity contribution in [2.75, 3.05) is 0 Å². The first-order valence-electron chi connectivity index (χ1n) is 13.1. The highest BCUT2D eigenvalue weighted by atomic mass is 16.6. The second-order valence-corrected chi connectivity index (χ2v) is 12.7. The SMILES string of the molecule is CC(C)CCC[C@@H](C)[C@H]1CC[C@H]2C3=C(CC[C@]12C)[C@@]1(C)CC[C@H]2C[C@]1(CC3)C(=O)O2. The van der Waals surface area contributed by atoms with Crippen molar-refractivity contribution in [3.8, 4) is 0 Å². The zero-order chi connectivity index (χ0) is 21.3. The van der Waals surface area contributed by atoms with Crippen molar-refractivity contribution in [2.45, 2.75) is 118 Å². The summed E-state index contributed by atoms with van der Waals surface area (Å²) in [6.07, 6.45) is 15.3. The van der Waals surface area contributed by atoms with Crippen molar-refractivity contribution in [2.24, 2.45) is 39.9 Å². The Kier molecular flexibility index (Phi) is 4.99. The lowest BCUT2D eigenvalue weighted by Crippen LogP contribution is -2.52. The highest BCUT2D eigenvalue weighted by Crippen LogP contribution is 2.70. The van der Waals surface area contributed by atoms with E-state index in [9.17, 15) is 4.79 Å². The molecule has 0 radical (unpaired) electrons. The number of carbonyl (C=O) groups is 1. The molecule has 1 aliphatic heterocycles. The van der Waals surface area contributed by atoms with Crippen LogP contribution < -0.4 is 0 Å². The fourth-order valence-corrected chi connectivity index (χ4v) is 9.25. The minimum atomic E-state index is -0.190. The molecule has 2 heteroatoms. The van der Waals surface area contributed by atoms with Gasteiger partial charge in [0.05, 0.1) is 5.41 Å². The smallest absolute Gasteiger partial charge is 0.313 e. The molecule has 3 fully saturated rings. The lowest BCUT2D eigenvalue weighted by atomic mass is 9.45. The molecule has 2 saturated carbocycles. The van der Waals surface area contributed by atoms with Crippen LogP contribution in [0.25, 0.3) is 0 Å². The standard InChI is InChI=1S/C28H44O2/c1-18(2)7-6-8-19(3)22-9-10-23-21-12-16-28-17-20(30-25(28)29)11-15-27(28,5)24(21)13-14-26(22,23)4/h18-20,22-23H,6-17H2,1-5H3/t19-,20+,22-,23+,26-,27-,28-/m1/s1. The maximum Gasteiger partial charge on any atom is 0.313 e. The van der Waals surface area contributed by atoms with Crippen LogP contribution in [0.2, 0.25) is 0 Å². The van der Waals surface area contributed by atoms with Gasteiger partial charge in [-0.2, -0.15) is 0 Å². The molecule has 30 heavy (non-hydrogen) atoms. The van der Waals surface area contributed by atoms with Crippen LogP contribution >= 0.6 is 0 Å². The first-order valence-corrected chi connectivity index (χ1v) is 13.1. The third kappa shape index (κ3) is 2.77. The molecular formula is C28H44O2. The molecule has 0 amide bonds. The molecule has 1 heterocycles. The molecule has 4 aliphatic carbocycles. The number of esters is 1. The summed E-state index contributed by atoms with van der Waals surface area (Å²) >= 11 is 0. The van der Waals surface area contributed by atoms with Crippen molar-refractivity contribution in [1.82, 2.24) is 0 Å². The van der Waals surface area contributed by atoms with Crippen LogP contribution in [0.5, 0.6) is 0 Å². The van der Waals surface area contributed by atoms with E-state index in [1.165, 1.54) is 57.8 Å². The number of fused-ring (bicyclic) bond motifs is 4. The maximum absolute atomic E-state index is 13.0. The van der Waals surface area contributed by atoms with Crippen molar-refractivity contribution < 1.29 is 9.53 Å². The van der Waals surface area contributed by atoms with E-state index in [4.69, 9.17) is 4.74 Å². The van der Waals surface area contributed by atoms with Gasteiger partial charge < -0.3 is 4.74 Å². The highest BCUT2D eigenvalue weighted by molar-refractivity contribution is 5.82. The normalized spacial score (nSPS) is 45.8. The van der Waals surface area contributed by atoms with E-state index < -0.39 is 0 Å². The Morgan fingerprint density at radius 2 is 1.80 bits per heavy atom. The van der Waals surface area contributed by atoms with Gasteiger partial charge in [0.25, 0.3) is 0 Å². The molecule has 5 rings (SSSR count). The molecule has 2 nitrogen and oxygen atoms in total. The summed E-state index contributed by atoms with van der Waals surface area (Å²) in [5.41, 5.74) is 3.91. The van der Waals surface area contributed by atoms with E-state index in [2.05, 4.69) is 34.6 Å². The van der Waals surface area contributed by atoms with Gasteiger partial charge >= 0.3 is 5.97 Å². The number of allylic oxidation sites excluding steroid dienone is 2. The molecule has 1 saturated heterocycles. The summed E-state index contributed by atoms with van der Waals surface area (Å²) in [4.78, 5) is 13.0. The van der Waals surface area contributed by atoms with Gasteiger partial charge in [0.1, 0.15) is 6.10 Å². The van der Waals surface area contributed by atoms with Crippen molar-refractivity contribution in [3.05, 3.63) is 11.1 Å². The van der Waals surface area contributed by atoms with E-state index >= 15 is 0 Å². The van der Waals surface area contributed by atoms with E-state index in [1.54, 1.807) is 5.57 Å². The number of hydrogen-bond donors (Lipinski definition) is 0. The Labute approximate surface area is 184 Å². The van der Waals surface area contributed by atoms with Crippen LogP contribution in [0.3, 0.4) is 0 Å². The van der Waals surface area contributed by atoms with Gasteiger partial charge in [-0.1, -0.05) is 65.0 Å². The summed E-state index contributed by atoms with van der Waals surface area (Å²) < 4.78 is 5.84. The van der Waals surface area contributed by atoms with Crippen LogP contribution in [-0.4, -0.2) is 12.1 Å². The quantitative estimate of drug-likeness (QED) is 0.346. The largest absolute Gasteiger partial charge is 0.462 e. The topological polar surface area (TPSA) is 26.3 Å². The van der Waals surface area contributed by atoms with Gasteiger partial charge in [0.15, 0.2) is 0 Å². The van der Waals surface area contributed by atoms with Crippen molar-refractivity contribution in [3.63, 3.8) is 0 Å². The van der Waals surface area contributed by atoms with Crippen LogP contribution in [0.1, 0.15) is 112 Å². The van der Waals surface area contributed by atoms with Crippen LogP contribution in [0.15, 0.2) is 11.1 Å². The molecule has 0 N–H and O–H groups in total. The zero-order valence-corrected chi connectivity index (χ0v) is 20.2. The Morgan fingerprint density at radius 1 is 1.00 bits per heavy atom. The van der Waals surface area contributed by atoms with E-state index in [0.29, 0.717) is 5.41 Å². The van der Waals surface area contributed by atoms with Crippen LogP contribution in [0, 0.1) is 39.9 Å². The number of hydrogen-bond acceptors (Lipinski definition) is 2.